The number of anilines is 1. The smallest absolute Gasteiger partial charge is 0.123 e. The van der Waals surface area contributed by atoms with Gasteiger partial charge in [0.2, 0.25) is 0 Å². The van der Waals surface area contributed by atoms with Crippen LogP contribution >= 0.6 is 0 Å². The Hall–Kier alpha value is -1.90. The van der Waals surface area contributed by atoms with E-state index in [1.54, 1.807) is 0 Å². The van der Waals surface area contributed by atoms with Gasteiger partial charge in [-0.25, -0.2) is 4.98 Å². The number of nitrogen functional groups attached to an aromatic ring is 1. The van der Waals surface area contributed by atoms with Crippen molar-refractivity contribution in [3.63, 3.8) is 0 Å². The minimum atomic E-state index is 0.597. The van der Waals surface area contributed by atoms with Crippen LogP contribution in [0.4, 0.5) is 5.82 Å². The third kappa shape index (κ3) is 3.06. The molecule has 3 nitrogen and oxygen atoms in total. The van der Waals surface area contributed by atoms with Gasteiger partial charge in [0, 0.05) is 18.0 Å². The molecule has 3 heteroatoms. The first-order valence-corrected chi connectivity index (χ1v) is 6.47. The zero-order valence-corrected chi connectivity index (χ0v) is 10.8. The molecule has 0 aliphatic heterocycles. The van der Waals surface area contributed by atoms with Crippen molar-refractivity contribution in [2.45, 2.75) is 32.6 Å². The number of nitrogens with two attached hydrogens (primary N) is 1. The molecule has 0 saturated carbocycles. The van der Waals surface area contributed by atoms with Gasteiger partial charge in [0.25, 0.3) is 0 Å². The predicted molar refractivity (Wildman–Crippen MR) is 75.1 cm³/mol. The number of nitrogens with zero attached hydrogens (tertiary/aromatic N) is 2. The van der Waals surface area contributed by atoms with Crippen LogP contribution in [-0.2, 0) is 6.42 Å². The van der Waals surface area contributed by atoms with E-state index in [2.05, 4.69) is 23.0 Å². The predicted octanol–water partition coefficient (Wildman–Crippen LogP) is 3.46. The van der Waals surface area contributed by atoms with Gasteiger partial charge in [0.15, 0.2) is 0 Å². The van der Waals surface area contributed by atoms with Crippen molar-refractivity contribution < 1.29 is 0 Å². The fourth-order valence-electron chi connectivity index (χ4n) is 2.05. The summed E-state index contributed by atoms with van der Waals surface area (Å²) in [5, 5.41) is 0. The van der Waals surface area contributed by atoms with Gasteiger partial charge in [-0.15, -0.1) is 0 Å². The molecular formula is C15H19N3. The highest BCUT2D eigenvalue weighted by Crippen LogP contribution is 2.24. The molecule has 0 bridgehead atoms. The van der Waals surface area contributed by atoms with Crippen molar-refractivity contribution in [1.82, 2.24) is 9.97 Å². The molecule has 0 saturated heterocycles. The van der Waals surface area contributed by atoms with Crippen molar-refractivity contribution in [2.75, 3.05) is 5.73 Å². The number of hydrogen-bond donors (Lipinski definition) is 1. The molecule has 2 N–H and O–H groups in total. The summed E-state index contributed by atoms with van der Waals surface area (Å²) in [6.45, 7) is 2.20. The van der Waals surface area contributed by atoms with Crippen LogP contribution in [0.25, 0.3) is 11.1 Å². The lowest BCUT2D eigenvalue weighted by atomic mass is 10.0. The topological polar surface area (TPSA) is 51.8 Å². The quantitative estimate of drug-likeness (QED) is 0.815. The van der Waals surface area contributed by atoms with E-state index in [4.69, 9.17) is 5.73 Å². The lowest BCUT2D eigenvalue weighted by Gasteiger charge is -2.09. The molecule has 2 rings (SSSR count). The number of aryl methyl sites for hydroxylation is 1. The summed E-state index contributed by atoms with van der Waals surface area (Å²) >= 11 is 0. The Kier molecular flexibility index (Phi) is 4.29. The van der Waals surface area contributed by atoms with Gasteiger partial charge in [-0.05, 0) is 42.7 Å². The fourth-order valence-corrected chi connectivity index (χ4v) is 2.05. The average Bonchev–Trinajstić information content (AvgIpc) is 2.40. The van der Waals surface area contributed by atoms with Crippen molar-refractivity contribution >= 4 is 5.82 Å². The molecule has 0 fully saturated rings. The lowest BCUT2D eigenvalue weighted by molar-refractivity contribution is 0.709. The minimum absolute atomic E-state index is 0.597. The van der Waals surface area contributed by atoms with Gasteiger partial charge in [0.05, 0.1) is 5.69 Å². The van der Waals surface area contributed by atoms with Gasteiger partial charge in [-0.2, -0.15) is 0 Å². The molecule has 0 atom stereocenters. The number of aromatic nitrogens is 2. The van der Waals surface area contributed by atoms with Crippen LogP contribution in [0.3, 0.4) is 0 Å². The number of unbranched alkanes of at least 4 members (excludes halogenated alkanes) is 2. The van der Waals surface area contributed by atoms with Crippen LogP contribution in [0.5, 0.6) is 0 Å². The second-order valence-electron chi connectivity index (χ2n) is 4.42. The molecule has 0 aliphatic rings. The third-order valence-electron chi connectivity index (χ3n) is 3.00. The van der Waals surface area contributed by atoms with E-state index in [0.29, 0.717) is 5.82 Å². The van der Waals surface area contributed by atoms with Crippen LogP contribution in [0, 0.1) is 0 Å². The fraction of sp³-hybridized carbons (Fsp3) is 0.333. The molecule has 2 aromatic heterocycles. The Labute approximate surface area is 108 Å². The first-order chi connectivity index (χ1) is 8.81. The number of pyridine rings is 2. The molecule has 0 radical (unpaired) electrons. The van der Waals surface area contributed by atoms with Crippen LogP contribution in [-0.4, -0.2) is 9.97 Å². The molecule has 18 heavy (non-hydrogen) atoms. The van der Waals surface area contributed by atoms with E-state index in [9.17, 15) is 0 Å². The van der Waals surface area contributed by atoms with Crippen molar-refractivity contribution in [1.29, 1.82) is 0 Å². The summed E-state index contributed by atoms with van der Waals surface area (Å²) in [6, 6.07) is 7.94. The van der Waals surface area contributed by atoms with Crippen LogP contribution < -0.4 is 5.73 Å². The molecule has 0 aromatic carbocycles. The van der Waals surface area contributed by atoms with E-state index in [1.165, 1.54) is 18.4 Å². The van der Waals surface area contributed by atoms with E-state index >= 15 is 0 Å². The maximum Gasteiger partial charge on any atom is 0.123 e. The Balaban J connectivity index is 2.29. The second kappa shape index (κ2) is 6.15. The first kappa shape index (κ1) is 12.6. The largest absolute Gasteiger partial charge is 0.384 e. The Morgan fingerprint density at radius 3 is 2.56 bits per heavy atom. The lowest BCUT2D eigenvalue weighted by Crippen LogP contribution is -1.99. The van der Waals surface area contributed by atoms with Gasteiger partial charge in [-0.1, -0.05) is 19.8 Å². The van der Waals surface area contributed by atoms with Gasteiger partial charge in [-0.3, -0.25) is 4.98 Å². The monoisotopic (exact) mass is 241 g/mol. The molecule has 94 valence electrons. The zero-order chi connectivity index (χ0) is 12.8. The van der Waals surface area contributed by atoms with E-state index < -0.39 is 0 Å². The highest BCUT2D eigenvalue weighted by molar-refractivity contribution is 5.66. The zero-order valence-electron chi connectivity index (χ0n) is 10.8. The molecule has 0 unspecified atom stereocenters. The van der Waals surface area contributed by atoms with E-state index in [0.717, 1.165) is 24.1 Å². The highest BCUT2D eigenvalue weighted by atomic mass is 14.8. The summed E-state index contributed by atoms with van der Waals surface area (Å²) in [7, 11) is 0. The molecule has 0 spiro atoms. The Morgan fingerprint density at radius 2 is 1.83 bits per heavy atom. The molecule has 2 aromatic rings. The molecule has 2 heterocycles. The third-order valence-corrected chi connectivity index (χ3v) is 3.00. The molecular weight excluding hydrogens is 222 g/mol. The van der Waals surface area contributed by atoms with Gasteiger partial charge < -0.3 is 5.73 Å². The number of hydrogen-bond acceptors (Lipinski definition) is 3. The minimum Gasteiger partial charge on any atom is -0.384 e. The Morgan fingerprint density at radius 1 is 1.06 bits per heavy atom. The van der Waals surface area contributed by atoms with Crippen LogP contribution in [0.1, 0.15) is 31.9 Å². The maximum atomic E-state index is 5.79. The van der Waals surface area contributed by atoms with Crippen molar-refractivity contribution in [3.8, 4) is 11.1 Å². The summed E-state index contributed by atoms with van der Waals surface area (Å²) in [5.41, 5.74) is 9.20. The van der Waals surface area contributed by atoms with Gasteiger partial charge >= 0.3 is 0 Å². The average molecular weight is 241 g/mol. The Bertz CT molecular complexity index is 494. The standard InChI is InChI=1S/C15H19N3/c1-2-3-4-5-14-13(6-7-15(16)18-14)12-8-10-17-11-9-12/h6-11H,2-5H2,1H3,(H2,16,18). The SMILES string of the molecule is CCCCCc1nc(N)ccc1-c1ccncc1. The maximum absolute atomic E-state index is 5.79. The van der Waals surface area contributed by atoms with Crippen LogP contribution in [0.2, 0.25) is 0 Å². The number of rotatable bonds is 5. The summed E-state index contributed by atoms with van der Waals surface area (Å²) in [6.07, 6.45) is 8.20. The molecule has 0 aliphatic carbocycles. The van der Waals surface area contributed by atoms with E-state index in [1.807, 2.05) is 30.6 Å². The van der Waals surface area contributed by atoms with Crippen molar-refractivity contribution in [2.24, 2.45) is 0 Å². The first-order valence-electron chi connectivity index (χ1n) is 6.47. The second-order valence-corrected chi connectivity index (χ2v) is 4.42. The summed E-state index contributed by atoms with van der Waals surface area (Å²) < 4.78 is 0. The van der Waals surface area contributed by atoms with Gasteiger partial charge in [0.1, 0.15) is 5.82 Å². The van der Waals surface area contributed by atoms with E-state index in [-0.39, 0.29) is 0 Å². The summed E-state index contributed by atoms with van der Waals surface area (Å²) in [5.74, 6) is 0.597. The molecule has 0 amide bonds. The summed E-state index contributed by atoms with van der Waals surface area (Å²) in [4.78, 5) is 8.53. The highest BCUT2D eigenvalue weighted by Gasteiger charge is 2.06. The van der Waals surface area contributed by atoms with Crippen molar-refractivity contribution in [3.05, 3.63) is 42.4 Å². The normalized spacial score (nSPS) is 10.5. The van der Waals surface area contributed by atoms with Crippen LogP contribution in [0.15, 0.2) is 36.7 Å².